The van der Waals surface area contributed by atoms with Crippen LogP contribution in [-0.2, 0) is 9.59 Å². The average Bonchev–Trinajstić information content (AvgIpc) is 2.88. The molecule has 2 heterocycles. The molecule has 5 rings (SSSR count). The van der Waals surface area contributed by atoms with Crippen molar-refractivity contribution in [3.8, 4) is 5.75 Å². The fourth-order valence-electron chi connectivity index (χ4n) is 4.24. The van der Waals surface area contributed by atoms with Crippen molar-refractivity contribution in [2.45, 2.75) is 0 Å². The maximum atomic E-state index is 13.4. The van der Waals surface area contributed by atoms with Gasteiger partial charge in [-0.2, -0.15) is 0 Å². The summed E-state index contributed by atoms with van der Waals surface area (Å²) in [5, 5.41) is 0. The summed E-state index contributed by atoms with van der Waals surface area (Å²) in [6.07, 6.45) is 1.71. The van der Waals surface area contributed by atoms with Crippen LogP contribution < -0.4 is 14.5 Å². The molecular formula is C27H24BrN3O3. The molecule has 0 aromatic heterocycles. The number of rotatable bonds is 4. The minimum Gasteiger partial charge on any atom is -0.449 e. The molecule has 0 saturated carbocycles. The van der Waals surface area contributed by atoms with Crippen molar-refractivity contribution in [1.29, 1.82) is 0 Å². The third-order valence-corrected chi connectivity index (χ3v) is 6.79. The van der Waals surface area contributed by atoms with E-state index < -0.39 is 0 Å². The molecule has 7 heteroatoms. The third-order valence-electron chi connectivity index (χ3n) is 6.07. The van der Waals surface area contributed by atoms with Gasteiger partial charge in [0.1, 0.15) is 6.54 Å². The molecule has 0 aliphatic carbocycles. The number of amides is 2. The molecular weight excluding hydrogens is 494 g/mol. The van der Waals surface area contributed by atoms with E-state index in [1.54, 1.807) is 6.08 Å². The van der Waals surface area contributed by atoms with Crippen molar-refractivity contribution in [2.75, 3.05) is 42.5 Å². The molecule has 0 atom stereocenters. The Morgan fingerprint density at radius 2 is 1.56 bits per heavy atom. The van der Waals surface area contributed by atoms with E-state index in [4.69, 9.17) is 4.74 Å². The van der Waals surface area contributed by atoms with Gasteiger partial charge in [0.15, 0.2) is 11.5 Å². The zero-order valence-corrected chi connectivity index (χ0v) is 20.1. The molecule has 3 aromatic rings. The molecule has 2 amide bonds. The molecule has 172 valence electrons. The molecule has 0 N–H and O–H groups in total. The van der Waals surface area contributed by atoms with Gasteiger partial charge in [-0.25, -0.2) is 0 Å². The lowest BCUT2D eigenvalue weighted by Gasteiger charge is -2.37. The van der Waals surface area contributed by atoms with E-state index in [2.05, 4.69) is 33.0 Å². The Bertz CT molecular complexity index is 1240. The predicted molar refractivity (Wildman–Crippen MR) is 137 cm³/mol. The fraction of sp³-hybridized carbons (Fsp3) is 0.185. The summed E-state index contributed by atoms with van der Waals surface area (Å²) in [6, 6.07) is 25.1. The maximum absolute atomic E-state index is 13.4. The molecule has 0 radical (unpaired) electrons. The van der Waals surface area contributed by atoms with Crippen molar-refractivity contribution < 1.29 is 14.3 Å². The first kappa shape index (κ1) is 22.2. The van der Waals surface area contributed by atoms with Crippen molar-refractivity contribution in [2.24, 2.45) is 0 Å². The topological polar surface area (TPSA) is 53.1 Å². The summed E-state index contributed by atoms with van der Waals surface area (Å²) in [5.41, 5.74) is 2.59. The lowest BCUT2D eigenvalue weighted by molar-refractivity contribution is -0.131. The Morgan fingerprint density at radius 1 is 0.882 bits per heavy atom. The summed E-state index contributed by atoms with van der Waals surface area (Å²) < 4.78 is 6.80. The Hall–Kier alpha value is -3.58. The minimum atomic E-state index is -0.328. The summed E-state index contributed by atoms with van der Waals surface area (Å²) in [4.78, 5) is 32.3. The highest BCUT2D eigenvalue weighted by molar-refractivity contribution is 9.10. The number of para-hydroxylation sites is 3. The van der Waals surface area contributed by atoms with E-state index in [-0.39, 0.29) is 24.1 Å². The Kier molecular flexibility index (Phi) is 6.36. The number of fused-ring (bicyclic) bond motifs is 1. The number of hydrogen-bond donors (Lipinski definition) is 0. The van der Waals surface area contributed by atoms with Gasteiger partial charge in [0.05, 0.1) is 5.69 Å². The number of halogens is 1. The summed E-state index contributed by atoms with van der Waals surface area (Å²) in [7, 11) is 0. The number of carbonyl (C=O) groups excluding carboxylic acids is 2. The van der Waals surface area contributed by atoms with Crippen molar-refractivity contribution >= 4 is 45.2 Å². The monoisotopic (exact) mass is 517 g/mol. The fourth-order valence-corrected chi connectivity index (χ4v) is 4.64. The molecule has 0 bridgehead atoms. The van der Waals surface area contributed by atoms with Gasteiger partial charge in [-0.05, 0) is 42.0 Å². The van der Waals surface area contributed by atoms with Crippen LogP contribution in [0.2, 0.25) is 0 Å². The van der Waals surface area contributed by atoms with Crippen LogP contribution in [0.3, 0.4) is 0 Å². The molecule has 34 heavy (non-hydrogen) atoms. The molecule has 1 saturated heterocycles. The molecule has 0 unspecified atom stereocenters. The van der Waals surface area contributed by atoms with Crippen LogP contribution in [0, 0.1) is 0 Å². The van der Waals surface area contributed by atoms with Gasteiger partial charge < -0.3 is 14.5 Å². The predicted octanol–water partition coefficient (Wildman–Crippen LogP) is 4.56. The van der Waals surface area contributed by atoms with Crippen LogP contribution in [0.15, 0.2) is 89.1 Å². The average molecular weight is 518 g/mol. The second-order valence-electron chi connectivity index (χ2n) is 8.19. The molecule has 0 spiro atoms. The highest BCUT2D eigenvalue weighted by Crippen LogP contribution is 2.36. The van der Waals surface area contributed by atoms with Gasteiger partial charge in [-0.15, -0.1) is 0 Å². The van der Waals surface area contributed by atoms with E-state index in [0.29, 0.717) is 24.5 Å². The SMILES string of the molecule is O=C(CN1C(=O)/C(=C\c2ccccc2Br)Oc2ccccc21)N1CCN(c2ccccc2)CC1. The van der Waals surface area contributed by atoms with E-state index >= 15 is 0 Å². The number of benzene rings is 3. The molecule has 2 aliphatic rings. The number of anilines is 2. The van der Waals surface area contributed by atoms with Gasteiger partial charge in [0.2, 0.25) is 5.91 Å². The zero-order valence-electron chi connectivity index (χ0n) is 18.6. The van der Waals surface area contributed by atoms with Gasteiger partial charge in [-0.1, -0.05) is 64.5 Å². The quantitative estimate of drug-likeness (QED) is 0.476. The summed E-state index contributed by atoms with van der Waals surface area (Å²) in [6.45, 7) is 2.73. The smallest absolute Gasteiger partial charge is 0.294 e. The number of hydrogen-bond acceptors (Lipinski definition) is 4. The first-order valence-electron chi connectivity index (χ1n) is 11.2. The van der Waals surface area contributed by atoms with Crippen molar-refractivity contribution in [3.05, 3.63) is 94.7 Å². The van der Waals surface area contributed by atoms with Crippen LogP contribution in [0.25, 0.3) is 6.08 Å². The van der Waals surface area contributed by atoms with E-state index in [9.17, 15) is 9.59 Å². The normalized spacial score (nSPS) is 16.9. The van der Waals surface area contributed by atoms with Crippen LogP contribution in [0.1, 0.15) is 5.56 Å². The Labute approximate surface area is 207 Å². The highest BCUT2D eigenvalue weighted by Gasteiger charge is 2.33. The van der Waals surface area contributed by atoms with Crippen LogP contribution >= 0.6 is 15.9 Å². The second-order valence-corrected chi connectivity index (χ2v) is 9.05. The van der Waals surface area contributed by atoms with Crippen LogP contribution in [0.4, 0.5) is 11.4 Å². The van der Waals surface area contributed by atoms with Crippen LogP contribution in [-0.4, -0.2) is 49.4 Å². The maximum Gasteiger partial charge on any atom is 0.294 e. The number of piperazine rings is 1. The van der Waals surface area contributed by atoms with Gasteiger partial charge in [0.25, 0.3) is 5.91 Å². The van der Waals surface area contributed by atoms with Crippen molar-refractivity contribution in [3.63, 3.8) is 0 Å². The lowest BCUT2D eigenvalue weighted by Crippen LogP contribution is -2.52. The largest absolute Gasteiger partial charge is 0.449 e. The molecule has 3 aromatic carbocycles. The zero-order chi connectivity index (χ0) is 23.5. The summed E-state index contributed by atoms with van der Waals surface area (Å²) >= 11 is 3.51. The van der Waals surface area contributed by atoms with E-state index in [0.717, 1.165) is 28.8 Å². The third kappa shape index (κ3) is 4.56. The molecule has 6 nitrogen and oxygen atoms in total. The van der Waals surface area contributed by atoms with E-state index in [1.807, 2.05) is 71.6 Å². The summed E-state index contributed by atoms with van der Waals surface area (Å²) in [5.74, 6) is 0.345. The number of ether oxygens (including phenoxy) is 1. The lowest BCUT2D eigenvalue weighted by atomic mass is 10.1. The van der Waals surface area contributed by atoms with E-state index in [1.165, 1.54) is 4.90 Å². The van der Waals surface area contributed by atoms with Crippen LogP contribution in [0.5, 0.6) is 5.75 Å². The highest BCUT2D eigenvalue weighted by atomic mass is 79.9. The first-order chi connectivity index (χ1) is 16.6. The minimum absolute atomic E-state index is 0.0299. The number of nitrogens with zero attached hydrogens (tertiary/aromatic N) is 3. The second kappa shape index (κ2) is 9.73. The van der Waals surface area contributed by atoms with Gasteiger partial charge >= 0.3 is 0 Å². The van der Waals surface area contributed by atoms with Gasteiger partial charge in [0, 0.05) is 36.3 Å². The first-order valence-corrected chi connectivity index (χ1v) is 12.0. The Balaban J connectivity index is 1.33. The van der Waals surface area contributed by atoms with Crippen molar-refractivity contribution in [1.82, 2.24) is 4.90 Å². The Morgan fingerprint density at radius 3 is 2.32 bits per heavy atom. The standard InChI is InChI=1S/C27H24BrN3O3/c28-22-11-5-4-8-20(22)18-25-27(33)31(23-12-6-7-13-24(23)34-25)19-26(32)30-16-14-29(15-17-30)21-9-2-1-3-10-21/h1-13,18H,14-17,19H2/b25-18+. The van der Waals surface area contributed by atoms with Gasteiger partial charge in [-0.3, -0.25) is 14.5 Å². The molecule has 1 fully saturated rings. The molecule has 2 aliphatic heterocycles. The number of carbonyl (C=O) groups is 2.